The second-order valence-corrected chi connectivity index (χ2v) is 5.32. The molecule has 0 saturated heterocycles. The van der Waals surface area contributed by atoms with Gasteiger partial charge in [-0.3, -0.25) is 0 Å². The third-order valence-electron chi connectivity index (χ3n) is 3.55. The lowest BCUT2D eigenvalue weighted by Gasteiger charge is -2.13. The highest BCUT2D eigenvalue weighted by Crippen LogP contribution is 2.28. The molecule has 2 N–H and O–H groups in total. The van der Waals surface area contributed by atoms with Crippen molar-refractivity contribution in [1.82, 2.24) is 19.1 Å². The predicted molar refractivity (Wildman–Crippen MR) is 80.2 cm³/mol. The van der Waals surface area contributed by atoms with Crippen LogP contribution in [0.3, 0.4) is 0 Å². The molecule has 0 amide bonds. The number of aromatic nitrogens is 4. The molecule has 5 nitrogen and oxygen atoms in total. The van der Waals surface area contributed by atoms with Gasteiger partial charge in [-0.2, -0.15) is 0 Å². The van der Waals surface area contributed by atoms with Crippen molar-refractivity contribution in [2.75, 3.05) is 0 Å². The van der Waals surface area contributed by atoms with Gasteiger partial charge in [0.05, 0.1) is 23.6 Å². The first-order valence-corrected chi connectivity index (χ1v) is 6.79. The minimum Gasteiger partial charge on any atom is -0.331 e. The maximum Gasteiger partial charge on any atom is 0.159 e. The molecular formula is C15H19N5. The lowest BCUT2D eigenvalue weighted by molar-refractivity contribution is 0.621. The summed E-state index contributed by atoms with van der Waals surface area (Å²) in [7, 11) is 1.98. The summed E-state index contributed by atoms with van der Waals surface area (Å²) < 4.78 is 4.23. The van der Waals surface area contributed by atoms with Crippen LogP contribution in [0.15, 0.2) is 30.7 Å². The van der Waals surface area contributed by atoms with Crippen LogP contribution in [0.1, 0.15) is 25.5 Å². The molecule has 104 valence electrons. The summed E-state index contributed by atoms with van der Waals surface area (Å²) in [5, 5.41) is 0. The molecule has 2 heterocycles. The average Bonchev–Trinajstić information content (AvgIpc) is 3.00. The number of imidazole rings is 2. The molecular weight excluding hydrogens is 250 g/mol. The Balaban J connectivity index is 2.31. The fraction of sp³-hybridized carbons (Fsp3) is 0.333. The minimum absolute atomic E-state index is 0.327. The molecule has 0 spiro atoms. The van der Waals surface area contributed by atoms with E-state index in [9.17, 15) is 0 Å². The molecule has 0 radical (unpaired) electrons. The van der Waals surface area contributed by atoms with Gasteiger partial charge in [-0.05, 0) is 31.5 Å². The van der Waals surface area contributed by atoms with E-state index in [1.54, 1.807) is 6.33 Å². The maximum absolute atomic E-state index is 5.72. The van der Waals surface area contributed by atoms with Gasteiger partial charge >= 0.3 is 0 Å². The largest absolute Gasteiger partial charge is 0.331 e. The second kappa shape index (κ2) is 4.76. The zero-order valence-corrected chi connectivity index (χ0v) is 12.0. The highest BCUT2D eigenvalue weighted by atomic mass is 15.1. The molecule has 2 aromatic heterocycles. The van der Waals surface area contributed by atoms with Gasteiger partial charge in [0.15, 0.2) is 5.82 Å². The van der Waals surface area contributed by atoms with E-state index in [1.807, 2.05) is 17.8 Å². The molecule has 0 saturated carbocycles. The number of nitrogens with two attached hydrogens (primary N) is 1. The highest BCUT2D eigenvalue weighted by molar-refractivity contribution is 5.81. The van der Waals surface area contributed by atoms with Crippen molar-refractivity contribution >= 4 is 11.0 Å². The molecule has 3 rings (SSSR count). The zero-order valence-electron chi connectivity index (χ0n) is 12.0. The first-order valence-electron chi connectivity index (χ1n) is 6.79. The fourth-order valence-electron chi connectivity index (χ4n) is 2.55. The van der Waals surface area contributed by atoms with Crippen LogP contribution in [0, 0.1) is 0 Å². The molecule has 0 aliphatic carbocycles. The van der Waals surface area contributed by atoms with Crippen molar-refractivity contribution in [3.8, 4) is 11.5 Å². The van der Waals surface area contributed by atoms with Crippen molar-refractivity contribution in [1.29, 1.82) is 0 Å². The Bertz CT molecular complexity index is 751. The van der Waals surface area contributed by atoms with Crippen LogP contribution in [0.4, 0.5) is 0 Å². The average molecular weight is 269 g/mol. The highest BCUT2D eigenvalue weighted by Gasteiger charge is 2.17. The fourth-order valence-corrected chi connectivity index (χ4v) is 2.55. The summed E-state index contributed by atoms with van der Waals surface area (Å²) in [6, 6.07) is 6.56. The predicted octanol–water partition coefficient (Wildman–Crippen LogP) is 2.48. The molecule has 0 unspecified atom stereocenters. The molecule has 0 aliphatic rings. The smallest absolute Gasteiger partial charge is 0.159 e. The van der Waals surface area contributed by atoms with Gasteiger partial charge in [0.2, 0.25) is 0 Å². The Hall–Kier alpha value is -2.14. The third-order valence-corrected chi connectivity index (χ3v) is 3.55. The molecule has 5 heteroatoms. The summed E-state index contributed by atoms with van der Waals surface area (Å²) >= 11 is 0. The summed E-state index contributed by atoms with van der Waals surface area (Å²) in [5.41, 5.74) is 9.95. The van der Waals surface area contributed by atoms with Crippen molar-refractivity contribution < 1.29 is 0 Å². The Morgan fingerprint density at radius 2 is 2.10 bits per heavy atom. The minimum atomic E-state index is 0.327. The number of aryl methyl sites for hydroxylation is 1. The maximum atomic E-state index is 5.72. The molecule has 0 fully saturated rings. The van der Waals surface area contributed by atoms with Crippen molar-refractivity contribution in [2.24, 2.45) is 12.8 Å². The summed E-state index contributed by atoms with van der Waals surface area (Å²) in [5.74, 6) is 0.948. The second-order valence-electron chi connectivity index (χ2n) is 5.32. The van der Waals surface area contributed by atoms with Gasteiger partial charge in [0.1, 0.15) is 5.69 Å². The van der Waals surface area contributed by atoms with Crippen molar-refractivity contribution in [3.05, 3.63) is 36.3 Å². The summed E-state index contributed by atoms with van der Waals surface area (Å²) in [4.78, 5) is 8.98. The topological polar surface area (TPSA) is 61.7 Å². The van der Waals surface area contributed by atoms with E-state index in [-0.39, 0.29) is 0 Å². The van der Waals surface area contributed by atoms with Crippen LogP contribution >= 0.6 is 0 Å². The van der Waals surface area contributed by atoms with E-state index < -0.39 is 0 Å². The summed E-state index contributed by atoms with van der Waals surface area (Å²) in [6.07, 6.45) is 3.65. The Kier molecular flexibility index (Phi) is 3.06. The first-order chi connectivity index (χ1) is 9.61. The van der Waals surface area contributed by atoms with Crippen LogP contribution in [0.5, 0.6) is 0 Å². The molecule has 0 atom stereocenters. The molecule has 20 heavy (non-hydrogen) atoms. The molecule has 1 aromatic carbocycles. The number of nitrogens with zero attached hydrogens (tertiary/aromatic N) is 4. The van der Waals surface area contributed by atoms with Crippen molar-refractivity contribution in [2.45, 2.75) is 26.4 Å². The van der Waals surface area contributed by atoms with Crippen LogP contribution in [-0.4, -0.2) is 19.1 Å². The lowest BCUT2D eigenvalue weighted by Crippen LogP contribution is -2.05. The van der Waals surface area contributed by atoms with Crippen LogP contribution in [0.2, 0.25) is 0 Å². The lowest BCUT2D eigenvalue weighted by atomic mass is 10.2. The number of hydrogen-bond acceptors (Lipinski definition) is 3. The zero-order chi connectivity index (χ0) is 14.3. The Morgan fingerprint density at radius 3 is 2.70 bits per heavy atom. The van der Waals surface area contributed by atoms with Gasteiger partial charge in [0, 0.05) is 19.6 Å². The number of hydrogen-bond donors (Lipinski definition) is 1. The van der Waals surface area contributed by atoms with Gasteiger partial charge < -0.3 is 14.9 Å². The van der Waals surface area contributed by atoms with E-state index in [4.69, 9.17) is 10.7 Å². The van der Waals surface area contributed by atoms with Crippen LogP contribution in [0.25, 0.3) is 22.6 Å². The van der Waals surface area contributed by atoms with Gasteiger partial charge in [-0.25, -0.2) is 9.97 Å². The standard InChI is InChI=1S/C15H19N5/c1-10(2)20-13-5-4-11(7-16)6-12(13)18-15(20)14-8-17-9-19(14)3/h4-6,8-10H,7,16H2,1-3H3. The molecule has 0 bridgehead atoms. The van der Waals surface area contributed by atoms with Gasteiger partial charge in [-0.1, -0.05) is 6.07 Å². The first kappa shape index (κ1) is 12.9. The quantitative estimate of drug-likeness (QED) is 0.794. The third kappa shape index (κ3) is 1.91. The van der Waals surface area contributed by atoms with E-state index in [0.717, 1.165) is 28.1 Å². The van der Waals surface area contributed by atoms with Gasteiger partial charge in [0.25, 0.3) is 0 Å². The van der Waals surface area contributed by atoms with Crippen molar-refractivity contribution in [3.63, 3.8) is 0 Å². The van der Waals surface area contributed by atoms with E-state index in [0.29, 0.717) is 12.6 Å². The monoisotopic (exact) mass is 269 g/mol. The number of rotatable bonds is 3. The number of fused-ring (bicyclic) bond motifs is 1. The Morgan fingerprint density at radius 1 is 1.30 bits per heavy atom. The molecule has 3 aromatic rings. The normalized spacial score (nSPS) is 11.7. The SMILES string of the molecule is CC(C)n1c(-c2cncn2C)nc2cc(CN)ccc21. The van der Waals surface area contributed by atoms with Crippen LogP contribution < -0.4 is 5.73 Å². The molecule has 0 aliphatic heterocycles. The van der Waals surface area contributed by atoms with E-state index in [1.165, 1.54) is 0 Å². The number of benzene rings is 1. The summed E-state index contributed by atoms with van der Waals surface area (Å²) in [6.45, 7) is 4.86. The van der Waals surface area contributed by atoms with E-state index in [2.05, 4.69) is 41.6 Å². The van der Waals surface area contributed by atoms with E-state index >= 15 is 0 Å². The van der Waals surface area contributed by atoms with Gasteiger partial charge in [-0.15, -0.1) is 0 Å². The van der Waals surface area contributed by atoms with Crippen LogP contribution in [-0.2, 0) is 13.6 Å². The Labute approximate surface area is 118 Å².